The molecule has 8 heteroatoms. The first kappa shape index (κ1) is 20.2. The lowest BCUT2D eigenvalue weighted by atomic mass is 10.1. The molecule has 1 aromatic heterocycles. The normalized spacial score (nSPS) is 10.3. The molecule has 3 N–H and O–H groups in total. The van der Waals surface area contributed by atoms with Crippen LogP contribution in [0.25, 0.3) is 11.3 Å². The third kappa shape index (κ3) is 5.73. The molecule has 3 rings (SSSR count). The summed E-state index contributed by atoms with van der Waals surface area (Å²) in [5, 5.41) is 10.5. The maximum atomic E-state index is 12.5. The lowest BCUT2D eigenvalue weighted by Crippen LogP contribution is -2.18. The van der Waals surface area contributed by atoms with Gasteiger partial charge in [-0.25, -0.2) is 4.98 Å². The number of benzene rings is 2. The molecule has 7 nitrogen and oxygen atoms in total. The SMILES string of the molecule is CC(=O)NCc1ccc(-c2csc(NC(=O)c3cccc(NC(C)=O)c3)n2)cc1. The zero-order valence-corrected chi connectivity index (χ0v) is 16.8. The summed E-state index contributed by atoms with van der Waals surface area (Å²) in [7, 11) is 0. The van der Waals surface area contributed by atoms with Gasteiger partial charge in [0, 0.05) is 42.6 Å². The van der Waals surface area contributed by atoms with Gasteiger partial charge in [0.05, 0.1) is 5.69 Å². The molecule has 0 aliphatic heterocycles. The van der Waals surface area contributed by atoms with E-state index < -0.39 is 0 Å². The van der Waals surface area contributed by atoms with Gasteiger partial charge in [0.1, 0.15) is 0 Å². The van der Waals surface area contributed by atoms with Crippen LogP contribution >= 0.6 is 11.3 Å². The molecule has 0 aliphatic rings. The summed E-state index contributed by atoms with van der Waals surface area (Å²) < 4.78 is 0. The largest absolute Gasteiger partial charge is 0.352 e. The molecule has 0 aliphatic carbocycles. The molecule has 0 fully saturated rings. The Labute approximate surface area is 172 Å². The first-order chi connectivity index (χ1) is 13.9. The van der Waals surface area contributed by atoms with Crippen LogP contribution in [0.1, 0.15) is 29.8 Å². The number of anilines is 2. The molecule has 29 heavy (non-hydrogen) atoms. The molecule has 148 valence electrons. The van der Waals surface area contributed by atoms with Crippen LogP contribution in [0.2, 0.25) is 0 Å². The zero-order valence-electron chi connectivity index (χ0n) is 16.0. The smallest absolute Gasteiger partial charge is 0.257 e. The molecular weight excluding hydrogens is 388 g/mol. The fraction of sp³-hybridized carbons (Fsp3) is 0.143. The van der Waals surface area contributed by atoms with Crippen molar-refractivity contribution >= 4 is 39.9 Å². The van der Waals surface area contributed by atoms with Gasteiger partial charge in [-0.15, -0.1) is 11.3 Å². The number of carbonyl (C=O) groups excluding carboxylic acids is 3. The third-order valence-corrected chi connectivity index (χ3v) is 4.72. The summed E-state index contributed by atoms with van der Waals surface area (Å²) in [5.41, 5.74) is 3.65. The number of carbonyl (C=O) groups is 3. The Morgan fingerprint density at radius 2 is 1.72 bits per heavy atom. The molecule has 0 unspecified atom stereocenters. The Morgan fingerprint density at radius 3 is 2.41 bits per heavy atom. The van der Waals surface area contributed by atoms with Gasteiger partial charge in [0.2, 0.25) is 11.8 Å². The predicted octanol–water partition coefficient (Wildman–Crippen LogP) is 3.66. The van der Waals surface area contributed by atoms with Gasteiger partial charge >= 0.3 is 0 Å². The minimum absolute atomic E-state index is 0.0726. The number of nitrogens with zero attached hydrogens (tertiary/aromatic N) is 1. The maximum Gasteiger partial charge on any atom is 0.257 e. The van der Waals surface area contributed by atoms with Crippen LogP contribution in [0.5, 0.6) is 0 Å². The van der Waals surface area contributed by atoms with Crippen LogP contribution in [0.3, 0.4) is 0 Å². The van der Waals surface area contributed by atoms with Crippen molar-refractivity contribution in [2.24, 2.45) is 0 Å². The number of thiazole rings is 1. The summed E-state index contributed by atoms with van der Waals surface area (Å²) in [4.78, 5) is 39.1. The second-order valence-electron chi connectivity index (χ2n) is 6.36. The summed E-state index contributed by atoms with van der Waals surface area (Å²) in [6.07, 6.45) is 0. The molecular formula is C21H20N4O3S. The van der Waals surface area contributed by atoms with Crippen LogP contribution in [-0.4, -0.2) is 22.7 Å². The van der Waals surface area contributed by atoms with Crippen LogP contribution < -0.4 is 16.0 Å². The van der Waals surface area contributed by atoms with Crippen LogP contribution in [0.4, 0.5) is 10.8 Å². The van der Waals surface area contributed by atoms with Crippen molar-refractivity contribution in [2.45, 2.75) is 20.4 Å². The van der Waals surface area contributed by atoms with Gasteiger partial charge in [-0.1, -0.05) is 30.3 Å². The lowest BCUT2D eigenvalue weighted by Gasteiger charge is -2.05. The van der Waals surface area contributed by atoms with E-state index in [1.807, 2.05) is 29.6 Å². The number of aromatic nitrogens is 1. The Kier molecular flexibility index (Phi) is 6.36. The van der Waals surface area contributed by atoms with Crippen molar-refractivity contribution in [1.82, 2.24) is 10.3 Å². The molecule has 3 amide bonds. The molecule has 2 aromatic carbocycles. The topological polar surface area (TPSA) is 100 Å². The second-order valence-corrected chi connectivity index (χ2v) is 7.22. The van der Waals surface area contributed by atoms with E-state index in [-0.39, 0.29) is 17.7 Å². The fourth-order valence-electron chi connectivity index (χ4n) is 2.59. The number of hydrogen-bond donors (Lipinski definition) is 3. The van der Waals surface area contributed by atoms with Crippen LogP contribution in [0, 0.1) is 0 Å². The lowest BCUT2D eigenvalue weighted by molar-refractivity contribution is -0.119. The van der Waals surface area contributed by atoms with Gasteiger partial charge < -0.3 is 10.6 Å². The first-order valence-corrected chi connectivity index (χ1v) is 9.77. The highest BCUT2D eigenvalue weighted by molar-refractivity contribution is 7.14. The van der Waals surface area contributed by atoms with Crippen molar-refractivity contribution in [3.8, 4) is 11.3 Å². The molecule has 0 atom stereocenters. The molecule has 0 saturated heterocycles. The Morgan fingerprint density at radius 1 is 0.966 bits per heavy atom. The summed E-state index contributed by atoms with van der Waals surface area (Å²) in [6, 6.07) is 14.4. The minimum Gasteiger partial charge on any atom is -0.352 e. The highest BCUT2D eigenvalue weighted by atomic mass is 32.1. The summed E-state index contributed by atoms with van der Waals surface area (Å²) >= 11 is 1.33. The second kappa shape index (κ2) is 9.11. The van der Waals surface area contributed by atoms with Crippen molar-refractivity contribution in [3.63, 3.8) is 0 Å². The summed E-state index contributed by atoms with van der Waals surface area (Å²) in [5.74, 6) is -0.574. The number of hydrogen-bond acceptors (Lipinski definition) is 5. The highest BCUT2D eigenvalue weighted by Crippen LogP contribution is 2.25. The van der Waals surface area contributed by atoms with E-state index in [1.54, 1.807) is 24.3 Å². The molecule has 0 saturated carbocycles. The molecule has 0 bridgehead atoms. The molecule has 0 spiro atoms. The van der Waals surface area contributed by atoms with Gasteiger partial charge in [0.25, 0.3) is 5.91 Å². The maximum absolute atomic E-state index is 12.5. The van der Waals surface area contributed by atoms with E-state index >= 15 is 0 Å². The van der Waals surface area contributed by atoms with Gasteiger partial charge in [-0.05, 0) is 23.8 Å². The summed E-state index contributed by atoms with van der Waals surface area (Å²) in [6.45, 7) is 3.37. The van der Waals surface area contributed by atoms with E-state index in [0.717, 1.165) is 16.8 Å². The van der Waals surface area contributed by atoms with Crippen molar-refractivity contribution < 1.29 is 14.4 Å². The van der Waals surface area contributed by atoms with Crippen LogP contribution in [-0.2, 0) is 16.1 Å². The van der Waals surface area contributed by atoms with E-state index in [1.165, 1.54) is 25.2 Å². The average molecular weight is 408 g/mol. The Balaban J connectivity index is 1.66. The van der Waals surface area contributed by atoms with Crippen LogP contribution in [0.15, 0.2) is 53.9 Å². The Hall–Kier alpha value is -3.52. The van der Waals surface area contributed by atoms with E-state index in [4.69, 9.17) is 0 Å². The minimum atomic E-state index is -0.302. The quantitative estimate of drug-likeness (QED) is 0.579. The van der Waals surface area contributed by atoms with E-state index in [9.17, 15) is 14.4 Å². The fourth-order valence-corrected chi connectivity index (χ4v) is 3.31. The van der Waals surface area contributed by atoms with Crippen molar-refractivity contribution in [3.05, 3.63) is 65.0 Å². The van der Waals surface area contributed by atoms with Gasteiger partial charge in [0.15, 0.2) is 5.13 Å². The first-order valence-electron chi connectivity index (χ1n) is 8.89. The predicted molar refractivity (Wildman–Crippen MR) is 114 cm³/mol. The monoisotopic (exact) mass is 408 g/mol. The standard InChI is InChI=1S/C21H20N4O3S/c1-13(26)22-11-15-6-8-16(9-7-15)19-12-29-21(24-19)25-20(28)17-4-3-5-18(10-17)23-14(2)27/h3-10,12H,11H2,1-2H3,(H,22,26)(H,23,27)(H,24,25,28). The number of rotatable bonds is 6. The third-order valence-electron chi connectivity index (χ3n) is 3.96. The van der Waals surface area contributed by atoms with Gasteiger partial charge in [-0.3, -0.25) is 19.7 Å². The number of amides is 3. The molecule has 0 radical (unpaired) electrons. The van der Waals surface area contributed by atoms with E-state index in [2.05, 4.69) is 20.9 Å². The zero-order chi connectivity index (χ0) is 20.8. The number of nitrogens with one attached hydrogen (secondary N) is 3. The van der Waals surface area contributed by atoms with Crippen molar-refractivity contribution in [2.75, 3.05) is 10.6 Å². The molecule has 1 heterocycles. The van der Waals surface area contributed by atoms with Crippen molar-refractivity contribution in [1.29, 1.82) is 0 Å². The average Bonchev–Trinajstić information content (AvgIpc) is 3.15. The highest BCUT2D eigenvalue weighted by Gasteiger charge is 2.11. The molecule has 3 aromatic rings. The van der Waals surface area contributed by atoms with Gasteiger partial charge in [-0.2, -0.15) is 0 Å². The van der Waals surface area contributed by atoms with E-state index in [0.29, 0.717) is 22.9 Å². The Bertz CT molecular complexity index is 1040.